The quantitative estimate of drug-likeness (QED) is 0.542. The Kier molecular flexibility index (Phi) is 4.40. The summed E-state index contributed by atoms with van der Waals surface area (Å²) in [6.45, 7) is 1.33. The van der Waals surface area contributed by atoms with Crippen LogP contribution >= 0.6 is 27.5 Å². The third kappa shape index (κ3) is 3.16. The Morgan fingerprint density at radius 1 is 1.15 bits per heavy atom. The fourth-order valence-corrected chi connectivity index (χ4v) is 2.22. The highest BCUT2D eigenvalue weighted by atomic mass is 79.9. The number of halogens is 4. The summed E-state index contributed by atoms with van der Waals surface area (Å²) in [5, 5.41) is -0.0726. The van der Waals surface area contributed by atoms with Gasteiger partial charge < -0.3 is 4.74 Å². The van der Waals surface area contributed by atoms with E-state index in [0.29, 0.717) is 4.47 Å². The van der Waals surface area contributed by atoms with Gasteiger partial charge in [-0.15, -0.1) is 0 Å². The van der Waals surface area contributed by atoms with Crippen molar-refractivity contribution in [2.24, 2.45) is 0 Å². The standard InChI is InChI=1S/C14H8BrClF2O2/c1-7(19)8-2-3-13(12(18)4-8)20-14-6-11(17)10(16)5-9(14)15/h2-6H,1H3. The van der Waals surface area contributed by atoms with Crippen LogP contribution in [0.4, 0.5) is 8.78 Å². The molecule has 2 aromatic rings. The van der Waals surface area contributed by atoms with Crippen molar-refractivity contribution < 1.29 is 18.3 Å². The molecule has 2 nitrogen and oxygen atoms in total. The molecular weight excluding hydrogens is 354 g/mol. The van der Waals surface area contributed by atoms with E-state index in [0.717, 1.165) is 12.1 Å². The molecule has 0 radical (unpaired) electrons. The van der Waals surface area contributed by atoms with E-state index >= 15 is 0 Å². The van der Waals surface area contributed by atoms with Gasteiger partial charge in [0, 0.05) is 11.6 Å². The number of ether oxygens (including phenoxy) is 1. The van der Waals surface area contributed by atoms with Crippen LogP contribution in [0.3, 0.4) is 0 Å². The summed E-state index contributed by atoms with van der Waals surface area (Å²) in [4.78, 5) is 11.1. The van der Waals surface area contributed by atoms with Gasteiger partial charge in [0.2, 0.25) is 0 Å². The first kappa shape index (κ1) is 14.9. The number of carbonyl (C=O) groups excluding carboxylic acids is 1. The molecule has 0 fully saturated rings. The third-order valence-electron chi connectivity index (χ3n) is 2.53. The summed E-state index contributed by atoms with van der Waals surface area (Å²) in [6, 6.07) is 6.17. The highest BCUT2D eigenvalue weighted by Gasteiger charge is 2.12. The lowest BCUT2D eigenvalue weighted by Gasteiger charge is -2.10. The second-order valence-corrected chi connectivity index (χ2v) is 5.26. The minimum atomic E-state index is -0.708. The van der Waals surface area contributed by atoms with E-state index in [4.69, 9.17) is 16.3 Å². The monoisotopic (exact) mass is 360 g/mol. The lowest BCUT2D eigenvalue weighted by molar-refractivity contribution is 0.101. The predicted octanol–water partition coefficient (Wildman–Crippen LogP) is 5.38. The summed E-state index contributed by atoms with van der Waals surface area (Å²) in [6.07, 6.45) is 0. The van der Waals surface area contributed by atoms with Crippen LogP contribution in [0.15, 0.2) is 34.8 Å². The minimum absolute atomic E-state index is 0.0726. The molecule has 0 atom stereocenters. The fourth-order valence-electron chi connectivity index (χ4n) is 1.50. The SMILES string of the molecule is CC(=O)c1ccc(Oc2cc(F)c(Cl)cc2Br)c(F)c1. The van der Waals surface area contributed by atoms with E-state index in [2.05, 4.69) is 15.9 Å². The second-order valence-electron chi connectivity index (χ2n) is 4.00. The number of benzene rings is 2. The molecule has 0 saturated carbocycles. The molecule has 104 valence electrons. The zero-order valence-corrected chi connectivity index (χ0v) is 12.6. The maximum absolute atomic E-state index is 13.8. The molecule has 0 spiro atoms. The number of hydrogen-bond acceptors (Lipinski definition) is 2. The maximum atomic E-state index is 13.8. The smallest absolute Gasteiger partial charge is 0.166 e. The van der Waals surface area contributed by atoms with Gasteiger partial charge in [-0.05, 0) is 47.1 Å². The van der Waals surface area contributed by atoms with Gasteiger partial charge >= 0.3 is 0 Å². The molecule has 0 saturated heterocycles. The van der Waals surface area contributed by atoms with Gasteiger partial charge in [-0.1, -0.05) is 11.6 Å². The van der Waals surface area contributed by atoms with Crippen LogP contribution in [-0.2, 0) is 0 Å². The van der Waals surface area contributed by atoms with Crippen LogP contribution in [0.2, 0.25) is 5.02 Å². The molecule has 0 aliphatic heterocycles. The van der Waals surface area contributed by atoms with Crippen LogP contribution in [-0.4, -0.2) is 5.78 Å². The van der Waals surface area contributed by atoms with E-state index in [1.807, 2.05) is 0 Å². The molecule has 0 aliphatic carbocycles. The molecule has 0 amide bonds. The first-order chi connectivity index (χ1) is 9.38. The Bertz CT molecular complexity index is 689. The minimum Gasteiger partial charge on any atom is -0.453 e. The highest BCUT2D eigenvalue weighted by molar-refractivity contribution is 9.10. The summed E-state index contributed by atoms with van der Waals surface area (Å²) in [7, 11) is 0. The summed E-state index contributed by atoms with van der Waals surface area (Å²) >= 11 is 8.75. The lowest BCUT2D eigenvalue weighted by atomic mass is 10.1. The molecule has 20 heavy (non-hydrogen) atoms. The largest absolute Gasteiger partial charge is 0.453 e. The number of ketones is 1. The van der Waals surface area contributed by atoms with Crippen molar-refractivity contribution in [2.45, 2.75) is 6.92 Å². The highest BCUT2D eigenvalue weighted by Crippen LogP contribution is 2.34. The van der Waals surface area contributed by atoms with Gasteiger partial charge in [0.1, 0.15) is 11.6 Å². The molecule has 0 aliphatic rings. The van der Waals surface area contributed by atoms with Crippen molar-refractivity contribution in [3.63, 3.8) is 0 Å². The van der Waals surface area contributed by atoms with Gasteiger partial charge in [-0.2, -0.15) is 0 Å². The topological polar surface area (TPSA) is 26.3 Å². The van der Waals surface area contributed by atoms with Gasteiger partial charge in [0.05, 0.1) is 9.50 Å². The molecule has 0 bridgehead atoms. The van der Waals surface area contributed by atoms with Crippen molar-refractivity contribution in [3.05, 3.63) is 57.0 Å². The first-order valence-electron chi connectivity index (χ1n) is 5.51. The van der Waals surface area contributed by atoms with Crippen LogP contribution in [0, 0.1) is 11.6 Å². The zero-order valence-electron chi connectivity index (χ0n) is 10.2. The molecular formula is C14H8BrClF2O2. The molecule has 0 N–H and O–H groups in total. The first-order valence-corrected chi connectivity index (χ1v) is 6.68. The van der Waals surface area contributed by atoms with Gasteiger partial charge in [0.25, 0.3) is 0 Å². The van der Waals surface area contributed by atoms with E-state index in [1.54, 1.807) is 0 Å². The van der Waals surface area contributed by atoms with Gasteiger partial charge in [-0.25, -0.2) is 8.78 Å². The molecule has 6 heteroatoms. The van der Waals surface area contributed by atoms with E-state index < -0.39 is 11.6 Å². The fraction of sp³-hybridized carbons (Fsp3) is 0.0714. The van der Waals surface area contributed by atoms with Crippen molar-refractivity contribution in [3.8, 4) is 11.5 Å². The predicted molar refractivity (Wildman–Crippen MR) is 75.6 cm³/mol. The number of carbonyl (C=O) groups is 1. The number of Topliss-reactive ketones (excluding diaryl/α,β-unsaturated/α-hetero) is 1. The molecule has 0 aromatic heterocycles. The van der Waals surface area contributed by atoms with Crippen molar-refractivity contribution in [2.75, 3.05) is 0 Å². The Balaban J connectivity index is 2.35. The average Bonchev–Trinajstić information content (AvgIpc) is 2.37. The summed E-state index contributed by atoms with van der Waals surface area (Å²) in [5.74, 6) is -1.67. The van der Waals surface area contributed by atoms with Crippen LogP contribution < -0.4 is 4.74 Å². The average molecular weight is 362 g/mol. The third-order valence-corrected chi connectivity index (χ3v) is 3.44. The van der Waals surface area contributed by atoms with Crippen LogP contribution in [0.1, 0.15) is 17.3 Å². The van der Waals surface area contributed by atoms with Crippen molar-refractivity contribution >= 4 is 33.3 Å². The normalized spacial score (nSPS) is 10.4. The molecule has 2 rings (SSSR count). The van der Waals surface area contributed by atoms with E-state index in [-0.39, 0.29) is 27.9 Å². The summed E-state index contributed by atoms with van der Waals surface area (Å²) in [5.41, 5.74) is 0.233. The van der Waals surface area contributed by atoms with Crippen molar-refractivity contribution in [1.82, 2.24) is 0 Å². The number of rotatable bonds is 3. The van der Waals surface area contributed by atoms with E-state index in [1.165, 1.54) is 25.1 Å². The lowest BCUT2D eigenvalue weighted by Crippen LogP contribution is -1.96. The van der Waals surface area contributed by atoms with Gasteiger partial charge in [-0.3, -0.25) is 4.79 Å². The van der Waals surface area contributed by atoms with E-state index in [9.17, 15) is 13.6 Å². The second kappa shape index (κ2) is 5.89. The Morgan fingerprint density at radius 2 is 1.85 bits per heavy atom. The Hall–Kier alpha value is -1.46. The van der Waals surface area contributed by atoms with Crippen molar-refractivity contribution in [1.29, 1.82) is 0 Å². The van der Waals surface area contributed by atoms with Crippen LogP contribution in [0.5, 0.6) is 11.5 Å². The molecule has 0 unspecified atom stereocenters. The molecule has 2 aromatic carbocycles. The molecule has 0 heterocycles. The maximum Gasteiger partial charge on any atom is 0.166 e. The van der Waals surface area contributed by atoms with Crippen LogP contribution in [0.25, 0.3) is 0 Å². The number of hydrogen-bond donors (Lipinski definition) is 0. The Morgan fingerprint density at radius 3 is 2.45 bits per heavy atom. The van der Waals surface area contributed by atoms with Gasteiger partial charge in [0.15, 0.2) is 17.3 Å². The Labute approximate surface area is 127 Å². The summed E-state index contributed by atoms with van der Waals surface area (Å²) < 4.78 is 32.8. The zero-order chi connectivity index (χ0) is 14.9.